The molecule has 0 bridgehead atoms. The van der Waals surface area contributed by atoms with Gasteiger partial charge in [-0.05, 0) is 30.5 Å². The summed E-state index contributed by atoms with van der Waals surface area (Å²) >= 11 is 0. The molecule has 0 aliphatic carbocycles. The summed E-state index contributed by atoms with van der Waals surface area (Å²) in [5, 5.41) is 3.05. The van der Waals surface area contributed by atoms with E-state index < -0.39 is 0 Å². The highest BCUT2D eigenvalue weighted by molar-refractivity contribution is 5.76. The van der Waals surface area contributed by atoms with E-state index in [1.807, 2.05) is 18.2 Å². The van der Waals surface area contributed by atoms with Crippen LogP contribution in [-0.2, 0) is 4.79 Å². The standard InChI is InChI=1S/C14H19NO3/c1-17-12-8-7-10(9-13(12)18-2)11-5-3-4-6-14(16)15-11/h7-9,11H,3-6H2,1-2H3,(H,15,16). The van der Waals surface area contributed by atoms with Crippen molar-refractivity contribution in [2.75, 3.05) is 14.2 Å². The Kier molecular flexibility index (Phi) is 4.07. The van der Waals surface area contributed by atoms with Crippen LogP contribution in [0.4, 0.5) is 0 Å². The van der Waals surface area contributed by atoms with Crippen LogP contribution in [0.1, 0.15) is 37.3 Å². The zero-order chi connectivity index (χ0) is 13.0. The van der Waals surface area contributed by atoms with Crippen molar-refractivity contribution in [2.24, 2.45) is 0 Å². The van der Waals surface area contributed by atoms with Crippen molar-refractivity contribution in [3.05, 3.63) is 23.8 Å². The van der Waals surface area contributed by atoms with E-state index in [1.54, 1.807) is 14.2 Å². The molecule has 1 fully saturated rings. The van der Waals surface area contributed by atoms with Gasteiger partial charge in [0.25, 0.3) is 0 Å². The molecule has 4 nitrogen and oxygen atoms in total. The Hall–Kier alpha value is -1.71. The Morgan fingerprint density at radius 2 is 1.94 bits per heavy atom. The van der Waals surface area contributed by atoms with Gasteiger partial charge in [0.15, 0.2) is 11.5 Å². The van der Waals surface area contributed by atoms with Crippen molar-refractivity contribution in [3.63, 3.8) is 0 Å². The number of carbonyl (C=O) groups is 1. The maximum Gasteiger partial charge on any atom is 0.220 e. The van der Waals surface area contributed by atoms with Gasteiger partial charge in [-0.3, -0.25) is 4.79 Å². The Balaban J connectivity index is 2.23. The highest BCUT2D eigenvalue weighted by Crippen LogP contribution is 2.32. The molecule has 1 saturated heterocycles. The Bertz CT molecular complexity index is 431. The minimum absolute atomic E-state index is 0.0832. The predicted molar refractivity (Wildman–Crippen MR) is 68.9 cm³/mol. The van der Waals surface area contributed by atoms with Gasteiger partial charge in [0.2, 0.25) is 5.91 Å². The summed E-state index contributed by atoms with van der Waals surface area (Å²) in [7, 11) is 3.23. The first-order valence-corrected chi connectivity index (χ1v) is 6.26. The van der Waals surface area contributed by atoms with E-state index in [1.165, 1.54) is 0 Å². The molecule has 98 valence electrons. The molecule has 1 unspecified atom stereocenters. The van der Waals surface area contributed by atoms with Gasteiger partial charge in [-0.2, -0.15) is 0 Å². The first-order chi connectivity index (χ1) is 8.74. The van der Waals surface area contributed by atoms with Crippen LogP contribution in [-0.4, -0.2) is 20.1 Å². The molecule has 1 N–H and O–H groups in total. The van der Waals surface area contributed by atoms with Crippen LogP contribution in [0.25, 0.3) is 0 Å². The first-order valence-electron chi connectivity index (χ1n) is 6.26. The van der Waals surface area contributed by atoms with E-state index in [0.29, 0.717) is 17.9 Å². The average Bonchev–Trinajstić information content (AvgIpc) is 2.62. The third-order valence-corrected chi connectivity index (χ3v) is 3.29. The fraction of sp³-hybridized carbons (Fsp3) is 0.500. The van der Waals surface area contributed by atoms with Crippen LogP contribution in [0.5, 0.6) is 11.5 Å². The third kappa shape index (κ3) is 2.75. The van der Waals surface area contributed by atoms with Crippen LogP contribution in [0.2, 0.25) is 0 Å². The summed E-state index contributed by atoms with van der Waals surface area (Å²) in [6.45, 7) is 0. The lowest BCUT2D eigenvalue weighted by Crippen LogP contribution is -2.26. The molecule has 2 rings (SSSR count). The molecule has 1 heterocycles. The van der Waals surface area contributed by atoms with Gasteiger partial charge in [-0.15, -0.1) is 0 Å². The van der Waals surface area contributed by atoms with E-state index in [0.717, 1.165) is 24.8 Å². The van der Waals surface area contributed by atoms with Crippen molar-refractivity contribution in [1.29, 1.82) is 0 Å². The molecule has 0 saturated carbocycles. The number of benzene rings is 1. The fourth-order valence-electron chi connectivity index (χ4n) is 2.29. The zero-order valence-corrected chi connectivity index (χ0v) is 10.9. The Morgan fingerprint density at radius 1 is 1.17 bits per heavy atom. The fourth-order valence-corrected chi connectivity index (χ4v) is 2.29. The van der Waals surface area contributed by atoms with Gasteiger partial charge in [-0.1, -0.05) is 12.5 Å². The number of amides is 1. The predicted octanol–water partition coefficient (Wildman–Crippen LogP) is 2.44. The maximum atomic E-state index is 11.6. The number of nitrogens with one attached hydrogen (secondary N) is 1. The van der Waals surface area contributed by atoms with E-state index >= 15 is 0 Å². The maximum absolute atomic E-state index is 11.6. The smallest absolute Gasteiger partial charge is 0.220 e. The normalized spacial score (nSPS) is 19.9. The molecule has 1 aliphatic rings. The Labute approximate surface area is 107 Å². The number of rotatable bonds is 3. The summed E-state index contributed by atoms with van der Waals surface area (Å²) in [5.74, 6) is 1.54. The molecule has 0 spiro atoms. The second kappa shape index (κ2) is 5.76. The lowest BCUT2D eigenvalue weighted by molar-refractivity contribution is -0.121. The lowest BCUT2D eigenvalue weighted by atomic mass is 10.0. The number of methoxy groups -OCH3 is 2. The number of ether oxygens (including phenoxy) is 2. The van der Waals surface area contributed by atoms with Crippen molar-refractivity contribution < 1.29 is 14.3 Å². The summed E-state index contributed by atoms with van der Waals surface area (Å²) in [6, 6.07) is 5.89. The third-order valence-electron chi connectivity index (χ3n) is 3.29. The van der Waals surface area contributed by atoms with Gasteiger partial charge in [-0.25, -0.2) is 0 Å². The van der Waals surface area contributed by atoms with Crippen LogP contribution in [0, 0.1) is 0 Å². The average molecular weight is 249 g/mol. The monoisotopic (exact) mass is 249 g/mol. The van der Waals surface area contributed by atoms with Crippen molar-refractivity contribution in [3.8, 4) is 11.5 Å². The minimum atomic E-state index is 0.0832. The largest absolute Gasteiger partial charge is 0.493 e. The Morgan fingerprint density at radius 3 is 2.67 bits per heavy atom. The molecule has 1 aliphatic heterocycles. The van der Waals surface area contributed by atoms with E-state index in [4.69, 9.17) is 9.47 Å². The summed E-state index contributed by atoms with van der Waals surface area (Å²) in [6.07, 6.45) is 3.64. The molecule has 0 radical (unpaired) electrons. The van der Waals surface area contributed by atoms with E-state index in [2.05, 4.69) is 5.32 Å². The highest BCUT2D eigenvalue weighted by Gasteiger charge is 2.19. The molecule has 18 heavy (non-hydrogen) atoms. The SMILES string of the molecule is COc1ccc(C2CCCCC(=O)N2)cc1OC. The van der Waals surface area contributed by atoms with Gasteiger partial charge < -0.3 is 14.8 Å². The van der Waals surface area contributed by atoms with Crippen LogP contribution < -0.4 is 14.8 Å². The van der Waals surface area contributed by atoms with Gasteiger partial charge >= 0.3 is 0 Å². The van der Waals surface area contributed by atoms with E-state index in [9.17, 15) is 4.79 Å². The second-order valence-corrected chi connectivity index (χ2v) is 4.48. The molecular formula is C14H19NO3. The van der Waals surface area contributed by atoms with E-state index in [-0.39, 0.29) is 11.9 Å². The quantitative estimate of drug-likeness (QED) is 0.895. The summed E-state index contributed by atoms with van der Waals surface area (Å²) in [4.78, 5) is 11.6. The molecular weight excluding hydrogens is 230 g/mol. The molecule has 1 aromatic rings. The van der Waals surface area contributed by atoms with Crippen molar-refractivity contribution in [2.45, 2.75) is 31.7 Å². The van der Waals surface area contributed by atoms with Crippen molar-refractivity contribution in [1.82, 2.24) is 5.32 Å². The van der Waals surface area contributed by atoms with Gasteiger partial charge in [0.05, 0.1) is 20.3 Å². The van der Waals surface area contributed by atoms with Gasteiger partial charge in [0.1, 0.15) is 0 Å². The molecule has 0 aromatic heterocycles. The minimum Gasteiger partial charge on any atom is -0.493 e. The van der Waals surface area contributed by atoms with Crippen LogP contribution in [0.3, 0.4) is 0 Å². The highest BCUT2D eigenvalue weighted by atomic mass is 16.5. The topological polar surface area (TPSA) is 47.6 Å². The molecule has 1 aromatic carbocycles. The van der Waals surface area contributed by atoms with Crippen molar-refractivity contribution >= 4 is 5.91 Å². The molecule has 1 amide bonds. The first kappa shape index (κ1) is 12.7. The molecule has 1 atom stereocenters. The number of hydrogen-bond acceptors (Lipinski definition) is 3. The molecule has 4 heteroatoms. The zero-order valence-electron chi connectivity index (χ0n) is 10.9. The lowest BCUT2D eigenvalue weighted by Gasteiger charge is -2.18. The van der Waals surface area contributed by atoms with Crippen LogP contribution in [0.15, 0.2) is 18.2 Å². The number of carbonyl (C=O) groups excluding carboxylic acids is 1. The second-order valence-electron chi connectivity index (χ2n) is 4.48. The summed E-state index contributed by atoms with van der Waals surface area (Å²) in [5.41, 5.74) is 1.07. The summed E-state index contributed by atoms with van der Waals surface area (Å²) < 4.78 is 10.5. The van der Waals surface area contributed by atoms with Gasteiger partial charge in [0, 0.05) is 6.42 Å². The number of hydrogen-bond donors (Lipinski definition) is 1. The van der Waals surface area contributed by atoms with Crippen LogP contribution >= 0.6 is 0 Å².